The molecule has 0 aliphatic carbocycles. The molecule has 2 rings (SSSR count). The number of rotatable bonds is 6. The van der Waals surface area contributed by atoms with Gasteiger partial charge in [0, 0.05) is 25.8 Å². The molecule has 2 aromatic rings. The summed E-state index contributed by atoms with van der Waals surface area (Å²) in [5.74, 6) is 0.905. The van der Waals surface area contributed by atoms with Gasteiger partial charge in [-0.05, 0) is 48.9 Å². The minimum atomic E-state index is 0.864. The lowest BCUT2D eigenvalue weighted by Crippen LogP contribution is -2.17. The Kier molecular flexibility index (Phi) is 5.23. The molecule has 0 radical (unpaired) electrons. The SMILES string of the molecule is CNCc1ccc(N(C)Cc2cccc(OC)c2)c(C)c1. The lowest BCUT2D eigenvalue weighted by Gasteiger charge is -2.22. The zero-order valence-electron chi connectivity index (χ0n) is 13.3. The quantitative estimate of drug-likeness (QED) is 0.880. The van der Waals surface area contributed by atoms with Gasteiger partial charge in [0.2, 0.25) is 0 Å². The highest BCUT2D eigenvalue weighted by atomic mass is 16.5. The second kappa shape index (κ2) is 7.14. The molecule has 0 saturated carbocycles. The van der Waals surface area contributed by atoms with Crippen molar-refractivity contribution in [1.82, 2.24) is 5.32 Å². The van der Waals surface area contributed by atoms with Crippen LogP contribution in [0.4, 0.5) is 5.69 Å². The third-order valence-corrected chi connectivity index (χ3v) is 3.61. The molecule has 1 N–H and O–H groups in total. The van der Waals surface area contributed by atoms with E-state index >= 15 is 0 Å². The molecule has 3 nitrogen and oxygen atoms in total. The number of nitrogens with one attached hydrogen (secondary N) is 1. The van der Waals surface area contributed by atoms with Crippen molar-refractivity contribution in [2.45, 2.75) is 20.0 Å². The van der Waals surface area contributed by atoms with Crippen LogP contribution in [0.5, 0.6) is 5.75 Å². The van der Waals surface area contributed by atoms with Crippen LogP contribution in [0.25, 0.3) is 0 Å². The first-order valence-electron chi connectivity index (χ1n) is 7.22. The minimum absolute atomic E-state index is 0.864. The van der Waals surface area contributed by atoms with Crippen molar-refractivity contribution in [2.24, 2.45) is 0 Å². The molecular weight excluding hydrogens is 260 g/mol. The molecule has 21 heavy (non-hydrogen) atoms. The number of benzene rings is 2. The molecule has 0 aliphatic rings. The van der Waals surface area contributed by atoms with Gasteiger partial charge in [-0.3, -0.25) is 0 Å². The van der Waals surface area contributed by atoms with E-state index < -0.39 is 0 Å². The van der Waals surface area contributed by atoms with Crippen LogP contribution in [0.1, 0.15) is 16.7 Å². The van der Waals surface area contributed by atoms with Crippen molar-refractivity contribution in [3.63, 3.8) is 0 Å². The van der Waals surface area contributed by atoms with Crippen LogP contribution < -0.4 is 15.0 Å². The van der Waals surface area contributed by atoms with E-state index in [4.69, 9.17) is 4.74 Å². The maximum absolute atomic E-state index is 5.28. The molecule has 0 unspecified atom stereocenters. The second-order valence-corrected chi connectivity index (χ2v) is 5.36. The average molecular weight is 284 g/mol. The topological polar surface area (TPSA) is 24.5 Å². The fraction of sp³-hybridized carbons (Fsp3) is 0.333. The van der Waals surface area contributed by atoms with Crippen LogP contribution in [0.2, 0.25) is 0 Å². The summed E-state index contributed by atoms with van der Waals surface area (Å²) in [7, 11) is 5.80. The van der Waals surface area contributed by atoms with E-state index in [1.807, 2.05) is 19.2 Å². The van der Waals surface area contributed by atoms with Gasteiger partial charge in [-0.2, -0.15) is 0 Å². The summed E-state index contributed by atoms with van der Waals surface area (Å²) in [6.07, 6.45) is 0. The van der Waals surface area contributed by atoms with E-state index in [-0.39, 0.29) is 0 Å². The van der Waals surface area contributed by atoms with Crippen molar-refractivity contribution in [2.75, 3.05) is 26.1 Å². The summed E-state index contributed by atoms with van der Waals surface area (Å²) >= 11 is 0. The van der Waals surface area contributed by atoms with Gasteiger partial charge in [0.15, 0.2) is 0 Å². The van der Waals surface area contributed by atoms with E-state index in [9.17, 15) is 0 Å². The fourth-order valence-electron chi connectivity index (χ4n) is 2.59. The number of anilines is 1. The molecule has 3 heteroatoms. The zero-order chi connectivity index (χ0) is 15.2. The molecule has 2 aromatic carbocycles. The summed E-state index contributed by atoms with van der Waals surface area (Å²) in [5.41, 5.74) is 5.12. The summed E-state index contributed by atoms with van der Waals surface area (Å²) in [6.45, 7) is 3.93. The molecule has 0 bridgehead atoms. The average Bonchev–Trinajstić information content (AvgIpc) is 2.47. The predicted molar refractivity (Wildman–Crippen MR) is 89.0 cm³/mol. The number of aryl methyl sites for hydroxylation is 1. The Morgan fingerprint density at radius 3 is 2.57 bits per heavy atom. The molecule has 0 spiro atoms. The van der Waals surface area contributed by atoms with E-state index in [0.717, 1.165) is 18.8 Å². The first-order chi connectivity index (χ1) is 10.1. The normalized spacial score (nSPS) is 10.5. The number of hydrogen-bond acceptors (Lipinski definition) is 3. The first kappa shape index (κ1) is 15.4. The van der Waals surface area contributed by atoms with Gasteiger partial charge >= 0.3 is 0 Å². The molecule has 0 saturated heterocycles. The molecular formula is C18H24N2O. The smallest absolute Gasteiger partial charge is 0.119 e. The van der Waals surface area contributed by atoms with Gasteiger partial charge < -0.3 is 15.0 Å². The van der Waals surface area contributed by atoms with Crippen LogP contribution in [-0.2, 0) is 13.1 Å². The lowest BCUT2D eigenvalue weighted by atomic mass is 10.1. The summed E-state index contributed by atoms with van der Waals surface area (Å²) in [4.78, 5) is 2.27. The maximum Gasteiger partial charge on any atom is 0.119 e. The zero-order valence-corrected chi connectivity index (χ0v) is 13.3. The van der Waals surface area contributed by atoms with Crippen LogP contribution in [0, 0.1) is 6.92 Å². The highest BCUT2D eigenvalue weighted by Crippen LogP contribution is 2.23. The molecule has 0 aromatic heterocycles. The standard InChI is InChI=1S/C18H24N2O/c1-14-10-15(12-19-2)8-9-18(14)20(3)13-16-6-5-7-17(11-16)21-4/h5-11,19H,12-13H2,1-4H3. The van der Waals surface area contributed by atoms with Crippen LogP contribution in [0.15, 0.2) is 42.5 Å². The van der Waals surface area contributed by atoms with E-state index in [1.54, 1.807) is 7.11 Å². The van der Waals surface area contributed by atoms with Crippen molar-refractivity contribution in [3.8, 4) is 5.75 Å². The Morgan fingerprint density at radius 1 is 1.10 bits per heavy atom. The molecule has 0 fully saturated rings. The van der Waals surface area contributed by atoms with Crippen molar-refractivity contribution in [1.29, 1.82) is 0 Å². The number of nitrogens with zero attached hydrogens (tertiary/aromatic N) is 1. The fourth-order valence-corrected chi connectivity index (χ4v) is 2.59. The Bertz CT molecular complexity index is 596. The highest BCUT2D eigenvalue weighted by molar-refractivity contribution is 5.54. The van der Waals surface area contributed by atoms with Gasteiger partial charge in [0.1, 0.15) is 5.75 Å². The van der Waals surface area contributed by atoms with E-state index in [1.165, 1.54) is 22.4 Å². The van der Waals surface area contributed by atoms with Crippen LogP contribution in [-0.4, -0.2) is 21.2 Å². The minimum Gasteiger partial charge on any atom is -0.497 e. The Morgan fingerprint density at radius 2 is 1.90 bits per heavy atom. The number of hydrogen-bond donors (Lipinski definition) is 1. The summed E-state index contributed by atoms with van der Waals surface area (Å²) in [5, 5.41) is 3.18. The monoisotopic (exact) mass is 284 g/mol. The van der Waals surface area contributed by atoms with Crippen LogP contribution >= 0.6 is 0 Å². The Labute approximate surface area is 127 Å². The molecule has 0 amide bonds. The Balaban J connectivity index is 2.14. The van der Waals surface area contributed by atoms with Crippen molar-refractivity contribution < 1.29 is 4.74 Å². The highest BCUT2D eigenvalue weighted by Gasteiger charge is 2.07. The van der Waals surface area contributed by atoms with Crippen molar-refractivity contribution >= 4 is 5.69 Å². The van der Waals surface area contributed by atoms with Crippen LogP contribution in [0.3, 0.4) is 0 Å². The molecule has 0 heterocycles. The summed E-state index contributed by atoms with van der Waals surface area (Å²) in [6, 6.07) is 14.8. The van der Waals surface area contributed by atoms with E-state index in [0.29, 0.717) is 0 Å². The van der Waals surface area contributed by atoms with Gasteiger partial charge in [-0.1, -0.05) is 24.3 Å². The Hall–Kier alpha value is -2.00. The van der Waals surface area contributed by atoms with Gasteiger partial charge in [-0.15, -0.1) is 0 Å². The largest absolute Gasteiger partial charge is 0.497 e. The van der Waals surface area contributed by atoms with E-state index in [2.05, 4.69) is 54.5 Å². The number of methoxy groups -OCH3 is 1. The van der Waals surface area contributed by atoms with Gasteiger partial charge in [0.25, 0.3) is 0 Å². The molecule has 0 atom stereocenters. The van der Waals surface area contributed by atoms with Crippen molar-refractivity contribution in [3.05, 3.63) is 59.2 Å². The maximum atomic E-state index is 5.28. The third-order valence-electron chi connectivity index (χ3n) is 3.61. The third kappa shape index (κ3) is 3.99. The first-order valence-corrected chi connectivity index (χ1v) is 7.22. The van der Waals surface area contributed by atoms with Gasteiger partial charge in [0.05, 0.1) is 7.11 Å². The van der Waals surface area contributed by atoms with Gasteiger partial charge in [-0.25, -0.2) is 0 Å². The molecule has 0 aliphatic heterocycles. The molecule has 112 valence electrons. The second-order valence-electron chi connectivity index (χ2n) is 5.36. The summed E-state index contributed by atoms with van der Waals surface area (Å²) < 4.78 is 5.28. The number of ether oxygens (including phenoxy) is 1. The lowest BCUT2D eigenvalue weighted by molar-refractivity contribution is 0.414. The predicted octanol–water partition coefficient (Wildman–Crippen LogP) is 3.36.